The Bertz CT molecular complexity index is 207. The third-order valence-electron chi connectivity index (χ3n) is 4.00. The monoisotopic (exact) mass is 225 g/mol. The zero-order chi connectivity index (χ0) is 12.0. The van der Waals surface area contributed by atoms with Crippen LogP contribution in [0.2, 0.25) is 0 Å². The maximum absolute atomic E-state index is 12.0. The van der Waals surface area contributed by atoms with Crippen molar-refractivity contribution in [1.82, 2.24) is 0 Å². The predicted molar refractivity (Wildman–Crippen MR) is 68.2 cm³/mol. The zero-order valence-electron chi connectivity index (χ0n) is 10.9. The Morgan fingerprint density at radius 1 is 1.25 bits per heavy atom. The maximum atomic E-state index is 12.0. The van der Waals surface area contributed by atoms with E-state index in [9.17, 15) is 4.79 Å². The number of carbonyl (C=O) groups is 1. The molecule has 1 fully saturated rings. The zero-order valence-corrected chi connectivity index (χ0v) is 10.9. The molecule has 1 aliphatic rings. The van der Waals surface area contributed by atoms with Gasteiger partial charge in [-0.3, -0.25) is 4.79 Å². The van der Waals surface area contributed by atoms with Crippen LogP contribution in [0, 0.1) is 11.8 Å². The highest BCUT2D eigenvalue weighted by atomic mass is 16.1. The summed E-state index contributed by atoms with van der Waals surface area (Å²) in [6, 6.07) is 0.0985. The Labute approximate surface area is 100.0 Å². The fourth-order valence-electron chi connectivity index (χ4n) is 2.79. The lowest BCUT2D eigenvalue weighted by Crippen LogP contribution is -2.29. The molecule has 0 aromatic carbocycles. The maximum Gasteiger partial charge on any atom is 0.137 e. The molecule has 0 aromatic heterocycles. The van der Waals surface area contributed by atoms with E-state index in [-0.39, 0.29) is 6.04 Å². The second-order valence-electron chi connectivity index (χ2n) is 5.35. The van der Waals surface area contributed by atoms with E-state index in [1.807, 2.05) is 0 Å². The van der Waals surface area contributed by atoms with Crippen LogP contribution in [-0.4, -0.2) is 11.8 Å². The molecule has 0 aromatic rings. The molecule has 1 saturated carbocycles. The summed E-state index contributed by atoms with van der Waals surface area (Å²) < 4.78 is 0. The predicted octanol–water partition coefficient (Wildman–Crippen LogP) is 3.29. The van der Waals surface area contributed by atoms with Crippen molar-refractivity contribution in [3.05, 3.63) is 0 Å². The van der Waals surface area contributed by atoms with Gasteiger partial charge in [0.25, 0.3) is 0 Å². The first-order valence-corrected chi connectivity index (χ1v) is 6.95. The minimum absolute atomic E-state index is 0.0985. The highest BCUT2D eigenvalue weighted by molar-refractivity contribution is 5.81. The molecule has 0 bridgehead atoms. The van der Waals surface area contributed by atoms with Gasteiger partial charge in [0, 0.05) is 18.4 Å². The van der Waals surface area contributed by atoms with Crippen LogP contribution in [0.1, 0.15) is 65.2 Å². The second kappa shape index (κ2) is 7.05. The van der Waals surface area contributed by atoms with Crippen molar-refractivity contribution in [2.75, 3.05) is 0 Å². The largest absolute Gasteiger partial charge is 0.327 e. The first kappa shape index (κ1) is 13.7. The Morgan fingerprint density at radius 2 is 1.88 bits per heavy atom. The molecule has 1 aliphatic carbocycles. The highest BCUT2D eigenvalue weighted by Crippen LogP contribution is 2.31. The Hall–Kier alpha value is -0.370. The molecular formula is C14H27NO. The summed E-state index contributed by atoms with van der Waals surface area (Å²) in [5, 5.41) is 0. The highest BCUT2D eigenvalue weighted by Gasteiger charge is 2.25. The van der Waals surface area contributed by atoms with E-state index in [4.69, 9.17) is 5.73 Å². The van der Waals surface area contributed by atoms with Crippen molar-refractivity contribution in [3.8, 4) is 0 Å². The third-order valence-corrected chi connectivity index (χ3v) is 4.00. The smallest absolute Gasteiger partial charge is 0.137 e. The van der Waals surface area contributed by atoms with Gasteiger partial charge in [-0.2, -0.15) is 0 Å². The van der Waals surface area contributed by atoms with Gasteiger partial charge in [-0.05, 0) is 38.0 Å². The lowest BCUT2D eigenvalue weighted by Gasteiger charge is -2.27. The number of hydrogen-bond acceptors (Lipinski definition) is 2. The number of rotatable bonds is 6. The van der Waals surface area contributed by atoms with Crippen LogP contribution < -0.4 is 5.73 Å². The fraction of sp³-hybridized carbons (Fsp3) is 0.929. The molecule has 2 nitrogen and oxygen atoms in total. The van der Waals surface area contributed by atoms with E-state index in [1.54, 1.807) is 0 Å². The lowest BCUT2D eigenvalue weighted by atomic mass is 9.78. The number of carbonyl (C=O) groups excluding carboxylic acids is 1. The summed E-state index contributed by atoms with van der Waals surface area (Å²) >= 11 is 0. The number of Topliss-reactive ketones (excluding diaryl/α,β-unsaturated/α-hetero) is 1. The minimum Gasteiger partial charge on any atom is -0.327 e. The van der Waals surface area contributed by atoms with Crippen LogP contribution in [0.3, 0.4) is 0 Å². The van der Waals surface area contributed by atoms with Gasteiger partial charge in [0.05, 0.1) is 0 Å². The Balaban J connectivity index is 2.27. The van der Waals surface area contributed by atoms with Crippen LogP contribution in [0.4, 0.5) is 0 Å². The summed E-state index contributed by atoms with van der Waals surface area (Å²) in [7, 11) is 0. The topological polar surface area (TPSA) is 43.1 Å². The van der Waals surface area contributed by atoms with Crippen molar-refractivity contribution >= 4 is 5.78 Å². The number of nitrogens with two attached hydrogens (primary N) is 1. The van der Waals surface area contributed by atoms with Crippen molar-refractivity contribution in [2.24, 2.45) is 17.6 Å². The SMILES string of the molecule is CCCC(N)CC(=O)C1CCC(CC)CC1. The van der Waals surface area contributed by atoms with Crippen molar-refractivity contribution in [2.45, 2.75) is 71.3 Å². The Kier molecular flexibility index (Phi) is 6.04. The van der Waals surface area contributed by atoms with Crippen LogP contribution >= 0.6 is 0 Å². The van der Waals surface area contributed by atoms with E-state index >= 15 is 0 Å². The van der Waals surface area contributed by atoms with Gasteiger partial charge in [-0.15, -0.1) is 0 Å². The molecular weight excluding hydrogens is 198 g/mol. The first-order valence-electron chi connectivity index (χ1n) is 6.95. The quantitative estimate of drug-likeness (QED) is 0.753. The average molecular weight is 225 g/mol. The van der Waals surface area contributed by atoms with E-state index < -0.39 is 0 Å². The van der Waals surface area contributed by atoms with E-state index in [1.165, 1.54) is 19.3 Å². The molecule has 2 N–H and O–H groups in total. The molecule has 0 spiro atoms. The van der Waals surface area contributed by atoms with Gasteiger partial charge >= 0.3 is 0 Å². The van der Waals surface area contributed by atoms with Gasteiger partial charge in [-0.25, -0.2) is 0 Å². The van der Waals surface area contributed by atoms with Crippen LogP contribution in [0.15, 0.2) is 0 Å². The summed E-state index contributed by atoms with van der Waals surface area (Å²) in [4.78, 5) is 12.0. The van der Waals surface area contributed by atoms with Gasteiger partial charge in [0.15, 0.2) is 0 Å². The lowest BCUT2D eigenvalue weighted by molar-refractivity contribution is -0.124. The molecule has 0 aliphatic heterocycles. The third kappa shape index (κ3) is 4.25. The normalized spacial score (nSPS) is 27.7. The number of ketones is 1. The molecule has 1 unspecified atom stereocenters. The van der Waals surface area contributed by atoms with Crippen molar-refractivity contribution < 1.29 is 4.79 Å². The van der Waals surface area contributed by atoms with Gasteiger partial charge in [0.1, 0.15) is 5.78 Å². The minimum atomic E-state index is 0.0985. The summed E-state index contributed by atoms with van der Waals surface area (Å²) in [5.74, 6) is 1.62. The molecule has 0 heterocycles. The van der Waals surface area contributed by atoms with Gasteiger partial charge in [0.2, 0.25) is 0 Å². The molecule has 2 heteroatoms. The summed E-state index contributed by atoms with van der Waals surface area (Å²) in [5.41, 5.74) is 5.92. The van der Waals surface area contributed by atoms with E-state index in [0.717, 1.165) is 31.6 Å². The van der Waals surface area contributed by atoms with Crippen LogP contribution in [-0.2, 0) is 4.79 Å². The van der Waals surface area contributed by atoms with Crippen LogP contribution in [0.5, 0.6) is 0 Å². The van der Waals surface area contributed by atoms with Crippen molar-refractivity contribution in [1.29, 1.82) is 0 Å². The molecule has 1 atom stereocenters. The van der Waals surface area contributed by atoms with Gasteiger partial charge in [-0.1, -0.05) is 26.7 Å². The van der Waals surface area contributed by atoms with E-state index in [0.29, 0.717) is 18.1 Å². The summed E-state index contributed by atoms with van der Waals surface area (Å²) in [6.45, 7) is 4.38. The Morgan fingerprint density at radius 3 is 2.38 bits per heavy atom. The van der Waals surface area contributed by atoms with E-state index in [2.05, 4.69) is 13.8 Å². The number of hydrogen-bond donors (Lipinski definition) is 1. The summed E-state index contributed by atoms with van der Waals surface area (Å²) in [6.07, 6.45) is 8.65. The second-order valence-corrected chi connectivity index (χ2v) is 5.35. The first-order chi connectivity index (χ1) is 7.67. The fourth-order valence-corrected chi connectivity index (χ4v) is 2.79. The molecule has 94 valence electrons. The average Bonchev–Trinajstić information content (AvgIpc) is 2.29. The van der Waals surface area contributed by atoms with Crippen LogP contribution in [0.25, 0.3) is 0 Å². The molecule has 16 heavy (non-hydrogen) atoms. The standard InChI is InChI=1S/C14H27NO/c1-3-5-13(15)10-14(16)12-8-6-11(4-2)7-9-12/h11-13H,3-10,15H2,1-2H3. The van der Waals surface area contributed by atoms with Gasteiger partial charge < -0.3 is 5.73 Å². The molecule has 0 saturated heterocycles. The molecule has 1 rings (SSSR count). The molecule has 0 amide bonds. The molecule has 0 radical (unpaired) electrons. The van der Waals surface area contributed by atoms with Crippen molar-refractivity contribution in [3.63, 3.8) is 0 Å².